The Hall–Kier alpha value is -0.960. The molecule has 0 amide bonds. The molecule has 0 atom stereocenters. The molecule has 0 spiro atoms. The second-order valence-corrected chi connectivity index (χ2v) is 2.67. The van der Waals surface area contributed by atoms with Gasteiger partial charge in [-0.25, -0.2) is 0 Å². The Labute approximate surface area is 71.1 Å². The highest BCUT2D eigenvalue weighted by molar-refractivity contribution is 7.80. The van der Waals surface area contributed by atoms with Gasteiger partial charge in [0.2, 0.25) is 0 Å². The van der Waals surface area contributed by atoms with Crippen LogP contribution in [0.15, 0.2) is 29.2 Å². The summed E-state index contributed by atoms with van der Waals surface area (Å²) >= 11 is 4.11. The van der Waals surface area contributed by atoms with Crippen LogP contribution in [0.5, 0.6) is 5.75 Å². The molecule has 11 heavy (non-hydrogen) atoms. The largest absolute Gasteiger partial charge is 0.444 e. The summed E-state index contributed by atoms with van der Waals surface area (Å²) in [5.41, 5.74) is 0. The molecule has 0 saturated heterocycles. The minimum absolute atomic E-state index is 0.192. The fourth-order valence-electron chi connectivity index (χ4n) is 0.691. The third-order valence-corrected chi connectivity index (χ3v) is 1.41. The first-order valence-electron chi connectivity index (χ1n) is 3.20. The number of rotatable bonds is 1. The molecule has 0 aliphatic rings. The predicted molar refractivity (Wildman–Crippen MR) is 47.7 cm³/mol. The number of thiol groups is 1. The third kappa shape index (κ3) is 2.63. The summed E-state index contributed by atoms with van der Waals surface area (Å²) < 4.78 is 5.02. The fourth-order valence-corrected chi connectivity index (χ4v) is 0.840. The predicted octanol–water partition coefficient (Wildman–Crippen LogP) is 2.35. The average molecular weight is 167 g/mol. The fraction of sp³-hybridized carbons (Fsp3) is 0.125. The van der Waals surface area contributed by atoms with Crippen LogP contribution in [0.3, 0.4) is 0 Å². The topological polar surface area (TPSA) is 33.1 Å². The van der Waals surface area contributed by atoms with E-state index in [-0.39, 0.29) is 5.90 Å². The van der Waals surface area contributed by atoms with E-state index in [4.69, 9.17) is 10.1 Å². The second kappa shape index (κ2) is 3.44. The van der Waals surface area contributed by atoms with Crippen molar-refractivity contribution in [2.45, 2.75) is 11.8 Å². The molecule has 0 bridgehead atoms. The Kier molecular flexibility index (Phi) is 2.54. The Morgan fingerprint density at radius 2 is 1.91 bits per heavy atom. The van der Waals surface area contributed by atoms with Gasteiger partial charge in [0.15, 0.2) is 5.90 Å². The maximum Gasteiger partial charge on any atom is 0.184 e. The molecule has 0 saturated carbocycles. The van der Waals surface area contributed by atoms with Crippen molar-refractivity contribution in [1.82, 2.24) is 0 Å². The molecule has 1 aromatic rings. The minimum Gasteiger partial charge on any atom is -0.444 e. The summed E-state index contributed by atoms with van der Waals surface area (Å²) in [5.74, 6) is 0.868. The van der Waals surface area contributed by atoms with Crippen LogP contribution in [0.4, 0.5) is 0 Å². The molecule has 0 radical (unpaired) electrons. The number of nitrogens with one attached hydrogen (secondary N) is 1. The molecule has 0 heterocycles. The van der Waals surface area contributed by atoms with E-state index in [1.165, 1.54) is 0 Å². The second-order valence-electron chi connectivity index (χ2n) is 2.15. The molecule has 1 aromatic carbocycles. The first kappa shape index (κ1) is 8.14. The average Bonchev–Trinajstić information content (AvgIpc) is 1.93. The standard InChI is InChI=1S/C8H9NOS/c1-6(9)10-7-2-4-8(11)5-3-7/h2-5,9,11H,1H3. The number of benzene rings is 1. The summed E-state index contributed by atoms with van der Waals surface area (Å²) in [4.78, 5) is 0.889. The van der Waals surface area contributed by atoms with Gasteiger partial charge in [0.25, 0.3) is 0 Å². The molecule has 2 nitrogen and oxygen atoms in total. The minimum atomic E-state index is 0.192. The Balaban J connectivity index is 2.74. The summed E-state index contributed by atoms with van der Waals surface area (Å²) in [6.07, 6.45) is 0. The molecule has 58 valence electrons. The number of ether oxygens (including phenoxy) is 1. The SMILES string of the molecule is CC(=N)Oc1ccc(S)cc1. The summed E-state index contributed by atoms with van der Waals surface area (Å²) in [7, 11) is 0. The lowest BCUT2D eigenvalue weighted by Gasteiger charge is -2.01. The lowest BCUT2D eigenvalue weighted by Crippen LogP contribution is -1.99. The van der Waals surface area contributed by atoms with Gasteiger partial charge >= 0.3 is 0 Å². The number of hydrogen-bond donors (Lipinski definition) is 2. The van der Waals surface area contributed by atoms with Gasteiger partial charge in [-0.05, 0) is 24.3 Å². The third-order valence-electron chi connectivity index (χ3n) is 1.11. The van der Waals surface area contributed by atoms with Crippen molar-refractivity contribution >= 4 is 18.5 Å². The zero-order valence-corrected chi connectivity index (χ0v) is 7.06. The first-order valence-corrected chi connectivity index (χ1v) is 3.65. The lowest BCUT2D eigenvalue weighted by molar-refractivity contribution is 0.541. The van der Waals surface area contributed by atoms with Crippen molar-refractivity contribution in [3.8, 4) is 5.75 Å². The molecular weight excluding hydrogens is 158 g/mol. The van der Waals surface area contributed by atoms with Crippen molar-refractivity contribution in [2.24, 2.45) is 0 Å². The Bertz CT molecular complexity index is 255. The van der Waals surface area contributed by atoms with E-state index in [9.17, 15) is 0 Å². The van der Waals surface area contributed by atoms with E-state index in [1.807, 2.05) is 12.1 Å². The van der Waals surface area contributed by atoms with Crippen LogP contribution in [0, 0.1) is 5.41 Å². The first-order chi connectivity index (χ1) is 5.18. The summed E-state index contributed by atoms with van der Waals surface area (Å²) in [5, 5.41) is 7.04. The van der Waals surface area contributed by atoms with Crippen LogP contribution in [-0.2, 0) is 0 Å². The van der Waals surface area contributed by atoms with Crippen molar-refractivity contribution in [3.63, 3.8) is 0 Å². The van der Waals surface area contributed by atoms with Crippen LogP contribution >= 0.6 is 12.6 Å². The molecule has 0 unspecified atom stereocenters. The van der Waals surface area contributed by atoms with Crippen molar-refractivity contribution in [1.29, 1.82) is 5.41 Å². The van der Waals surface area contributed by atoms with Crippen LogP contribution in [-0.4, -0.2) is 5.90 Å². The van der Waals surface area contributed by atoms with E-state index < -0.39 is 0 Å². The Morgan fingerprint density at radius 3 is 2.36 bits per heavy atom. The van der Waals surface area contributed by atoms with Crippen LogP contribution < -0.4 is 4.74 Å². The zero-order chi connectivity index (χ0) is 8.27. The Morgan fingerprint density at radius 1 is 1.36 bits per heavy atom. The highest BCUT2D eigenvalue weighted by Gasteiger charge is 1.92. The van der Waals surface area contributed by atoms with Gasteiger partial charge in [-0.2, -0.15) is 0 Å². The maximum atomic E-state index is 7.04. The quantitative estimate of drug-likeness (QED) is 0.375. The monoisotopic (exact) mass is 167 g/mol. The summed E-state index contributed by atoms with van der Waals surface area (Å²) in [6.45, 7) is 1.59. The van der Waals surface area contributed by atoms with E-state index in [2.05, 4.69) is 12.6 Å². The van der Waals surface area contributed by atoms with Gasteiger partial charge in [-0.3, -0.25) is 5.41 Å². The molecule has 0 aliphatic heterocycles. The van der Waals surface area contributed by atoms with E-state index in [1.54, 1.807) is 19.1 Å². The van der Waals surface area contributed by atoms with Gasteiger partial charge in [-0.1, -0.05) is 0 Å². The van der Waals surface area contributed by atoms with E-state index in [0.717, 1.165) is 4.90 Å². The molecule has 0 fully saturated rings. The van der Waals surface area contributed by atoms with Crippen molar-refractivity contribution in [2.75, 3.05) is 0 Å². The van der Waals surface area contributed by atoms with Gasteiger partial charge in [0.1, 0.15) is 5.75 Å². The normalized spacial score (nSPS) is 9.27. The molecule has 0 aliphatic carbocycles. The van der Waals surface area contributed by atoms with Crippen LogP contribution in [0.2, 0.25) is 0 Å². The van der Waals surface area contributed by atoms with Gasteiger partial charge in [-0.15, -0.1) is 12.6 Å². The molecular formula is C8H9NOS. The van der Waals surface area contributed by atoms with Crippen molar-refractivity contribution in [3.05, 3.63) is 24.3 Å². The van der Waals surface area contributed by atoms with Crippen molar-refractivity contribution < 1.29 is 4.74 Å². The lowest BCUT2D eigenvalue weighted by atomic mass is 10.3. The van der Waals surface area contributed by atoms with Gasteiger partial charge < -0.3 is 4.74 Å². The molecule has 1 N–H and O–H groups in total. The van der Waals surface area contributed by atoms with E-state index >= 15 is 0 Å². The number of hydrogen-bond acceptors (Lipinski definition) is 3. The smallest absolute Gasteiger partial charge is 0.184 e. The zero-order valence-electron chi connectivity index (χ0n) is 6.16. The summed E-state index contributed by atoms with van der Waals surface area (Å²) in [6, 6.07) is 7.20. The molecule has 1 rings (SSSR count). The highest BCUT2D eigenvalue weighted by atomic mass is 32.1. The van der Waals surface area contributed by atoms with Gasteiger partial charge in [0.05, 0.1) is 0 Å². The molecule has 0 aromatic heterocycles. The highest BCUT2D eigenvalue weighted by Crippen LogP contribution is 2.14. The maximum absolute atomic E-state index is 7.04. The van der Waals surface area contributed by atoms with E-state index in [0.29, 0.717) is 5.75 Å². The van der Waals surface area contributed by atoms with Crippen LogP contribution in [0.1, 0.15) is 6.92 Å². The van der Waals surface area contributed by atoms with Gasteiger partial charge in [0, 0.05) is 11.8 Å². The van der Waals surface area contributed by atoms with Crippen LogP contribution in [0.25, 0.3) is 0 Å². The molecule has 3 heteroatoms.